The molecule has 0 aromatic heterocycles. The topological polar surface area (TPSA) is 89.4 Å². The molecule has 5 heteroatoms. The summed E-state index contributed by atoms with van der Waals surface area (Å²) in [6, 6.07) is 4.61. The highest BCUT2D eigenvalue weighted by atomic mass is 16.2. The van der Waals surface area contributed by atoms with Crippen molar-refractivity contribution in [1.29, 1.82) is 0 Å². The quantitative estimate of drug-likeness (QED) is 0.687. The Morgan fingerprint density at radius 2 is 2.00 bits per heavy atom. The van der Waals surface area contributed by atoms with Crippen LogP contribution in [0.15, 0.2) is 18.2 Å². The molecule has 15 heavy (non-hydrogen) atoms. The van der Waals surface area contributed by atoms with Crippen molar-refractivity contribution < 1.29 is 9.59 Å². The Morgan fingerprint density at radius 1 is 1.27 bits per heavy atom. The molecule has 1 aromatic carbocycles. The molecule has 1 aromatic rings. The van der Waals surface area contributed by atoms with Gasteiger partial charge < -0.3 is 11.5 Å². The third-order valence-corrected chi connectivity index (χ3v) is 2.56. The smallest absolute Gasteiger partial charge is 0.319 e. The van der Waals surface area contributed by atoms with Gasteiger partial charge in [-0.2, -0.15) is 0 Å². The number of amides is 3. The van der Waals surface area contributed by atoms with Gasteiger partial charge in [-0.05, 0) is 24.1 Å². The first-order valence-corrected chi connectivity index (χ1v) is 4.60. The number of urea groups is 1. The fourth-order valence-corrected chi connectivity index (χ4v) is 1.89. The average Bonchev–Trinajstić information content (AvgIpc) is 2.59. The van der Waals surface area contributed by atoms with Crippen molar-refractivity contribution >= 4 is 17.6 Å². The highest BCUT2D eigenvalue weighted by molar-refractivity contribution is 6.00. The fraction of sp³-hybridized carbons (Fsp3) is 0.200. The lowest BCUT2D eigenvalue weighted by molar-refractivity contribution is 0.0999. The molecule has 0 saturated heterocycles. The molecule has 78 valence electrons. The van der Waals surface area contributed by atoms with E-state index in [4.69, 9.17) is 11.5 Å². The summed E-state index contributed by atoms with van der Waals surface area (Å²) in [4.78, 5) is 23.6. The van der Waals surface area contributed by atoms with Gasteiger partial charge in [0, 0.05) is 17.8 Å². The number of anilines is 1. The maximum absolute atomic E-state index is 11.1. The van der Waals surface area contributed by atoms with E-state index in [2.05, 4.69) is 0 Å². The lowest BCUT2D eigenvalue weighted by Crippen LogP contribution is -2.33. The van der Waals surface area contributed by atoms with Crippen molar-refractivity contribution in [1.82, 2.24) is 0 Å². The van der Waals surface area contributed by atoms with Crippen LogP contribution in [0.3, 0.4) is 0 Å². The Morgan fingerprint density at radius 3 is 2.60 bits per heavy atom. The van der Waals surface area contributed by atoms with E-state index in [0.717, 1.165) is 5.56 Å². The normalized spacial score (nSPS) is 13.7. The highest BCUT2D eigenvalue weighted by Gasteiger charge is 2.25. The Hall–Kier alpha value is -2.04. The summed E-state index contributed by atoms with van der Waals surface area (Å²) in [6.07, 6.45) is 0.622. The van der Waals surface area contributed by atoms with Crippen LogP contribution in [0.1, 0.15) is 15.9 Å². The predicted molar refractivity (Wildman–Crippen MR) is 55.6 cm³/mol. The number of hydrogen-bond donors (Lipinski definition) is 2. The van der Waals surface area contributed by atoms with Crippen LogP contribution in [0.25, 0.3) is 0 Å². The van der Waals surface area contributed by atoms with Gasteiger partial charge in [-0.1, -0.05) is 6.07 Å². The van der Waals surface area contributed by atoms with Crippen LogP contribution in [0.4, 0.5) is 10.5 Å². The van der Waals surface area contributed by atoms with E-state index in [1.165, 1.54) is 4.90 Å². The highest BCUT2D eigenvalue weighted by Crippen LogP contribution is 2.30. The standard InChI is InChI=1S/C10H11N3O2/c11-9(14)7-2-1-3-8-6(7)4-5-13(8)10(12)15/h1-3H,4-5H2,(H2,11,14)(H2,12,15). The number of nitrogens with zero attached hydrogens (tertiary/aromatic N) is 1. The van der Waals surface area contributed by atoms with Crippen molar-refractivity contribution in [3.8, 4) is 0 Å². The lowest BCUT2D eigenvalue weighted by atomic mass is 10.0. The molecule has 1 aliphatic rings. The SMILES string of the molecule is NC(=O)c1cccc2c1CCN2C(N)=O. The molecule has 0 radical (unpaired) electrons. The molecule has 0 saturated carbocycles. The summed E-state index contributed by atoms with van der Waals surface area (Å²) in [5.74, 6) is -0.474. The van der Waals surface area contributed by atoms with Gasteiger partial charge in [0.15, 0.2) is 0 Å². The minimum Gasteiger partial charge on any atom is -0.366 e. The van der Waals surface area contributed by atoms with Gasteiger partial charge in [0.2, 0.25) is 5.91 Å². The first-order valence-electron chi connectivity index (χ1n) is 4.60. The molecule has 0 aliphatic carbocycles. The van der Waals surface area contributed by atoms with Gasteiger partial charge in [0.1, 0.15) is 0 Å². The van der Waals surface area contributed by atoms with Crippen LogP contribution >= 0.6 is 0 Å². The number of carbonyl (C=O) groups is 2. The van der Waals surface area contributed by atoms with Crippen LogP contribution < -0.4 is 16.4 Å². The second-order valence-electron chi connectivity index (χ2n) is 3.41. The van der Waals surface area contributed by atoms with Crippen LogP contribution in [0.2, 0.25) is 0 Å². The van der Waals surface area contributed by atoms with E-state index in [9.17, 15) is 9.59 Å². The maximum atomic E-state index is 11.1. The number of fused-ring (bicyclic) bond motifs is 1. The van der Waals surface area contributed by atoms with E-state index in [1.54, 1.807) is 18.2 Å². The molecule has 1 heterocycles. The monoisotopic (exact) mass is 205 g/mol. The maximum Gasteiger partial charge on any atom is 0.319 e. The van der Waals surface area contributed by atoms with Gasteiger partial charge >= 0.3 is 6.03 Å². The predicted octanol–water partition coefficient (Wildman–Crippen LogP) is 0.227. The lowest BCUT2D eigenvalue weighted by Gasteiger charge is -2.13. The zero-order valence-electron chi connectivity index (χ0n) is 8.06. The number of carbonyl (C=O) groups excluding carboxylic acids is 2. The molecule has 3 amide bonds. The Kier molecular flexibility index (Phi) is 2.07. The van der Waals surface area contributed by atoms with Crippen LogP contribution in [-0.4, -0.2) is 18.5 Å². The van der Waals surface area contributed by atoms with Crippen LogP contribution in [-0.2, 0) is 6.42 Å². The van der Waals surface area contributed by atoms with Crippen molar-refractivity contribution in [2.45, 2.75) is 6.42 Å². The summed E-state index contributed by atoms with van der Waals surface area (Å²) in [5, 5.41) is 0. The minimum atomic E-state index is -0.504. The third-order valence-electron chi connectivity index (χ3n) is 2.56. The van der Waals surface area contributed by atoms with Crippen molar-refractivity contribution in [3.05, 3.63) is 29.3 Å². The second kappa shape index (κ2) is 3.27. The van der Waals surface area contributed by atoms with E-state index in [1.807, 2.05) is 0 Å². The molecule has 0 fully saturated rings. The summed E-state index contributed by atoms with van der Waals surface area (Å²) >= 11 is 0. The number of nitrogens with two attached hydrogens (primary N) is 2. The van der Waals surface area contributed by atoms with Crippen molar-refractivity contribution in [2.75, 3.05) is 11.4 Å². The molecule has 0 spiro atoms. The number of hydrogen-bond acceptors (Lipinski definition) is 2. The van der Waals surface area contributed by atoms with Gasteiger partial charge in [0.25, 0.3) is 0 Å². The largest absolute Gasteiger partial charge is 0.366 e. The molecule has 0 bridgehead atoms. The summed E-state index contributed by atoms with van der Waals surface area (Å²) in [6.45, 7) is 0.509. The van der Waals surface area contributed by atoms with Gasteiger partial charge in [-0.15, -0.1) is 0 Å². The number of rotatable bonds is 1. The molecule has 2 rings (SSSR count). The molecule has 4 N–H and O–H groups in total. The van der Waals surface area contributed by atoms with Crippen molar-refractivity contribution in [3.63, 3.8) is 0 Å². The fourth-order valence-electron chi connectivity index (χ4n) is 1.89. The van der Waals surface area contributed by atoms with E-state index >= 15 is 0 Å². The minimum absolute atomic E-state index is 0.469. The molecular formula is C10H11N3O2. The van der Waals surface area contributed by atoms with Gasteiger partial charge in [0.05, 0.1) is 0 Å². The summed E-state index contributed by atoms with van der Waals surface area (Å²) in [7, 11) is 0. The van der Waals surface area contributed by atoms with Crippen LogP contribution in [0, 0.1) is 0 Å². The van der Waals surface area contributed by atoms with Gasteiger partial charge in [-0.25, -0.2) is 4.79 Å². The summed E-state index contributed by atoms with van der Waals surface area (Å²) < 4.78 is 0. The number of primary amides is 2. The zero-order chi connectivity index (χ0) is 11.0. The average molecular weight is 205 g/mol. The molecule has 5 nitrogen and oxygen atoms in total. The Balaban J connectivity index is 2.52. The Bertz CT molecular complexity index is 442. The number of benzene rings is 1. The van der Waals surface area contributed by atoms with Gasteiger partial charge in [-0.3, -0.25) is 9.69 Å². The Labute approximate surface area is 86.6 Å². The van der Waals surface area contributed by atoms with Crippen molar-refractivity contribution in [2.24, 2.45) is 11.5 Å². The first-order chi connectivity index (χ1) is 7.11. The second-order valence-corrected chi connectivity index (χ2v) is 3.41. The van der Waals surface area contributed by atoms with E-state index in [0.29, 0.717) is 24.2 Å². The summed E-state index contributed by atoms with van der Waals surface area (Å²) in [5.41, 5.74) is 12.4. The molecular weight excluding hydrogens is 194 g/mol. The molecule has 0 atom stereocenters. The van der Waals surface area contributed by atoms with E-state index in [-0.39, 0.29) is 0 Å². The zero-order valence-corrected chi connectivity index (χ0v) is 8.06. The van der Waals surface area contributed by atoms with E-state index < -0.39 is 11.9 Å². The first kappa shape index (κ1) is 9.51. The van der Waals surface area contributed by atoms with Crippen LogP contribution in [0.5, 0.6) is 0 Å². The third kappa shape index (κ3) is 1.41. The molecule has 1 aliphatic heterocycles. The molecule has 0 unspecified atom stereocenters.